The number of benzene rings is 7. The van der Waals surface area contributed by atoms with Crippen LogP contribution in [0.1, 0.15) is 43.4 Å². The van der Waals surface area contributed by atoms with E-state index in [0.717, 1.165) is 68.1 Å². The first-order chi connectivity index (χ1) is 26.5. The number of fused-ring (bicyclic) bond motifs is 9. The van der Waals surface area contributed by atoms with Crippen LogP contribution in [0.15, 0.2) is 178 Å². The molecular formula is C51H37NO2. The van der Waals surface area contributed by atoms with Gasteiger partial charge in [-0.3, -0.25) is 0 Å². The molecule has 2 aliphatic rings. The van der Waals surface area contributed by atoms with Crippen LogP contribution in [0.4, 0.5) is 11.4 Å². The largest absolute Gasteiger partial charge is 0.455 e. The predicted molar refractivity (Wildman–Crippen MR) is 224 cm³/mol. The molecule has 2 aliphatic carbocycles. The summed E-state index contributed by atoms with van der Waals surface area (Å²) in [7, 11) is 0. The van der Waals surface area contributed by atoms with E-state index < -0.39 is 0 Å². The Balaban J connectivity index is 1.03. The van der Waals surface area contributed by atoms with Crippen molar-refractivity contribution >= 4 is 60.8 Å². The Bertz CT molecular complexity index is 3020. The molecule has 0 saturated carbocycles. The fraction of sp³-hybridized carbons (Fsp3) is 0.0980. The summed E-state index contributed by atoms with van der Waals surface area (Å²) >= 11 is 0. The summed E-state index contributed by atoms with van der Waals surface area (Å²) < 4.78 is 12.9. The Labute approximate surface area is 314 Å². The van der Waals surface area contributed by atoms with Crippen LogP contribution in [0.2, 0.25) is 0 Å². The molecule has 0 unspecified atom stereocenters. The van der Waals surface area contributed by atoms with E-state index in [1.807, 2.05) is 18.2 Å². The summed E-state index contributed by atoms with van der Waals surface area (Å²) in [6.07, 6.45) is 6.42. The molecule has 0 atom stereocenters. The highest BCUT2D eigenvalue weighted by molar-refractivity contribution is 6.10. The minimum Gasteiger partial charge on any atom is -0.455 e. The van der Waals surface area contributed by atoms with Gasteiger partial charge >= 0.3 is 0 Å². The molecule has 0 spiro atoms. The van der Waals surface area contributed by atoms with E-state index in [4.69, 9.17) is 8.83 Å². The molecule has 0 fully saturated rings. The molecule has 0 aliphatic heterocycles. The third kappa shape index (κ3) is 4.61. The van der Waals surface area contributed by atoms with Gasteiger partial charge in [-0.05, 0) is 88.7 Å². The summed E-state index contributed by atoms with van der Waals surface area (Å²) in [5.74, 6) is 0. The van der Waals surface area contributed by atoms with Crippen molar-refractivity contribution in [1.29, 1.82) is 0 Å². The molecule has 0 amide bonds. The molecule has 3 heteroatoms. The molecule has 0 radical (unpaired) electrons. The van der Waals surface area contributed by atoms with E-state index in [2.05, 4.69) is 164 Å². The van der Waals surface area contributed by atoms with Crippen LogP contribution in [-0.4, -0.2) is 0 Å². The van der Waals surface area contributed by atoms with E-state index in [-0.39, 0.29) is 5.41 Å². The number of rotatable bonds is 5. The molecule has 0 bridgehead atoms. The highest BCUT2D eigenvalue weighted by atomic mass is 16.3. The van der Waals surface area contributed by atoms with Crippen LogP contribution in [0.5, 0.6) is 0 Å². The van der Waals surface area contributed by atoms with Crippen molar-refractivity contribution in [2.45, 2.75) is 32.1 Å². The van der Waals surface area contributed by atoms with E-state index in [9.17, 15) is 0 Å². The molecule has 54 heavy (non-hydrogen) atoms. The number of para-hydroxylation sites is 4. The van der Waals surface area contributed by atoms with Crippen LogP contribution in [0.25, 0.3) is 71.7 Å². The van der Waals surface area contributed by atoms with Gasteiger partial charge in [0.2, 0.25) is 0 Å². The number of anilines is 2. The van der Waals surface area contributed by atoms with Crippen molar-refractivity contribution in [3.63, 3.8) is 0 Å². The maximum atomic E-state index is 6.45. The van der Waals surface area contributed by atoms with Gasteiger partial charge in [0.1, 0.15) is 22.3 Å². The average molecular weight is 696 g/mol. The normalized spacial score (nSPS) is 14.7. The van der Waals surface area contributed by atoms with Gasteiger partial charge in [0.15, 0.2) is 0 Å². The Morgan fingerprint density at radius 3 is 1.74 bits per heavy atom. The lowest BCUT2D eigenvalue weighted by molar-refractivity contribution is 0.660. The lowest BCUT2D eigenvalue weighted by Crippen LogP contribution is -2.20. The second-order valence-electron chi connectivity index (χ2n) is 15.2. The molecule has 0 N–H and O–H groups in total. The van der Waals surface area contributed by atoms with Crippen molar-refractivity contribution in [2.24, 2.45) is 0 Å². The molecular weight excluding hydrogens is 659 g/mol. The minimum atomic E-state index is -0.0952. The zero-order valence-corrected chi connectivity index (χ0v) is 30.3. The third-order valence-electron chi connectivity index (χ3n) is 11.8. The minimum absolute atomic E-state index is 0.0952. The molecule has 9 aromatic rings. The number of allylic oxidation sites excluding steroid dienone is 4. The van der Waals surface area contributed by atoms with Crippen LogP contribution in [0, 0.1) is 0 Å². The molecule has 0 saturated heterocycles. The van der Waals surface area contributed by atoms with Crippen LogP contribution in [-0.2, 0) is 5.41 Å². The molecule has 7 aromatic carbocycles. The number of furan rings is 2. The second-order valence-corrected chi connectivity index (χ2v) is 15.2. The lowest BCUT2D eigenvalue weighted by Gasteiger charge is -2.31. The van der Waals surface area contributed by atoms with E-state index >= 15 is 0 Å². The first-order valence-corrected chi connectivity index (χ1v) is 18.9. The standard InChI is InChI=1S/C51H37NO2/c1-51(2)45-18-6-3-11-39(45)40-30-29-36(31-46(40)51)52(34-25-21-32(22-26-34)37-14-9-16-43-41-12-4-7-19-47(41)53-49(37)43)35-27-23-33(24-28-35)38-15-10-17-44-42-13-5-8-20-48(42)54-50(38)44/h3-23,25-27,29-31H,24,28H2,1-2H3. The quantitative estimate of drug-likeness (QED) is 0.179. The van der Waals surface area contributed by atoms with Gasteiger partial charge in [0, 0.05) is 55.2 Å². The van der Waals surface area contributed by atoms with E-state index in [0.29, 0.717) is 0 Å². The monoisotopic (exact) mass is 695 g/mol. The average Bonchev–Trinajstić information content (AvgIpc) is 3.87. The zero-order valence-electron chi connectivity index (χ0n) is 30.3. The molecule has 258 valence electrons. The SMILES string of the molecule is CC1(C)c2ccccc2-c2ccc(N(C3=CC=C(c4cccc5c4oc4ccccc45)CC3)c3ccc(-c4cccc5c4oc4ccccc45)cc3)cc21. The van der Waals surface area contributed by atoms with Crippen LogP contribution < -0.4 is 4.90 Å². The van der Waals surface area contributed by atoms with Gasteiger partial charge in [-0.2, -0.15) is 0 Å². The Hall–Kier alpha value is -6.58. The smallest absolute Gasteiger partial charge is 0.143 e. The van der Waals surface area contributed by atoms with Crippen molar-refractivity contribution < 1.29 is 8.83 Å². The molecule has 2 aromatic heterocycles. The number of hydrogen-bond acceptors (Lipinski definition) is 3. The first kappa shape index (κ1) is 31.0. The van der Waals surface area contributed by atoms with Gasteiger partial charge < -0.3 is 13.7 Å². The highest BCUT2D eigenvalue weighted by Gasteiger charge is 2.36. The Morgan fingerprint density at radius 1 is 0.463 bits per heavy atom. The molecule has 2 heterocycles. The summed E-state index contributed by atoms with van der Waals surface area (Å²) in [5.41, 5.74) is 17.3. The van der Waals surface area contributed by atoms with Gasteiger partial charge in [-0.15, -0.1) is 0 Å². The van der Waals surface area contributed by atoms with Crippen molar-refractivity contribution in [3.8, 4) is 22.3 Å². The fourth-order valence-electron chi connectivity index (χ4n) is 9.11. The third-order valence-corrected chi connectivity index (χ3v) is 11.8. The Kier molecular flexibility index (Phi) is 6.72. The second kappa shape index (κ2) is 11.7. The number of nitrogens with zero attached hydrogens (tertiary/aromatic N) is 1. The van der Waals surface area contributed by atoms with Crippen LogP contribution in [0.3, 0.4) is 0 Å². The maximum absolute atomic E-state index is 6.45. The zero-order chi connectivity index (χ0) is 36.0. The van der Waals surface area contributed by atoms with E-state index in [1.165, 1.54) is 50.2 Å². The van der Waals surface area contributed by atoms with Crippen molar-refractivity contribution in [3.05, 3.63) is 186 Å². The Morgan fingerprint density at radius 2 is 1.04 bits per heavy atom. The van der Waals surface area contributed by atoms with Crippen molar-refractivity contribution in [2.75, 3.05) is 4.90 Å². The summed E-state index contributed by atoms with van der Waals surface area (Å²) in [6, 6.07) is 54.5. The van der Waals surface area contributed by atoms with Gasteiger partial charge in [0.05, 0.1) is 0 Å². The molecule has 3 nitrogen and oxygen atoms in total. The van der Waals surface area contributed by atoms with Crippen LogP contribution >= 0.6 is 0 Å². The fourth-order valence-corrected chi connectivity index (χ4v) is 9.11. The number of hydrogen-bond donors (Lipinski definition) is 0. The van der Waals surface area contributed by atoms with Gasteiger partial charge in [-0.25, -0.2) is 0 Å². The lowest BCUT2D eigenvalue weighted by atomic mass is 9.82. The van der Waals surface area contributed by atoms with Gasteiger partial charge in [-0.1, -0.05) is 135 Å². The van der Waals surface area contributed by atoms with Gasteiger partial charge in [0.25, 0.3) is 0 Å². The maximum Gasteiger partial charge on any atom is 0.143 e. The first-order valence-electron chi connectivity index (χ1n) is 18.9. The predicted octanol–water partition coefficient (Wildman–Crippen LogP) is 14.4. The summed E-state index contributed by atoms with van der Waals surface area (Å²) in [6.45, 7) is 4.71. The molecule has 11 rings (SSSR count). The summed E-state index contributed by atoms with van der Waals surface area (Å²) in [4.78, 5) is 2.46. The van der Waals surface area contributed by atoms with E-state index in [1.54, 1.807) is 0 Å². The topological polar surface area (TPSA) is 29.5 Å². The summed E-state index contributed by atoms with van der Waals surface area (Å²) in [5, 5.41) is 4.62. The van der Waals surface area contributed by atoms with Crippen molar-refractivity contribution in [1.82, 2.24) is 0 Å². The highest BCUT2D eigenvalue weighted by Crippen LogP contribution is 2.51.